The SMILES string of the molecule is CCCCC(O)(NCc1ccccc1)C(=O)OCc1ccccc1. The lowest BCUT2D eigenvalue weighted by atomic mass is 10.1. The van der Waals surface area contributed by atoms with Crippen LogP contribution in [0.3, 0.4) is 0 Å². The highest BCUT2D eigenvalue weighted by Gasteiger charge is 2.36. The molecular weight excluding hydrogens is 302 g/mol. The summed E-state index contributed by atoms with van der Waals surface area (Å²) in [6.07, 6.45) is 1.95. The largest absolute Gasteiger partial charge is 0.458 e. The number of nitrogens with one attached hydrogen (secondary N) is 1. The van der Waals surface area contributed by atoms with E-state index < -0.39 is 11.7 Å². The van der Waals surface area contributed by atoms with Gasteiger partial charge in [-0.05, 0) is 17.5 Å². The molecular formula is C20H25NO3. The average molecular weight is 327 g/mol. The van der Waals surface area contributed by atoms with Gasteiger partial charge in [-0.25, -0.2) is 4.79 Å². The van der Waals surface area contributed by atoms with Gasteiger partial charge in [-0.2, -0.15) is 0 Å². The molecule has 0 aromatic heterocycles. The molecule has 0 radical (unpaired) electrons. The Morgan fingerprint density at radius 3 is 2.21 bits per heavy atom. The molecule has 1 unspecified atom stereocenters. The molecule has 0 aliphatic rings. The van der Waals surface area contributed by atoms with Crippen molar-refractivity contribution in [3.05, 3.63) is 71.8 Å². The van der Waals surface area contributed by atoms with Gasteiger partial charge in [-0.3, -0.25) is 5.32 Å². The van der Waals surface area contributed by atoms with Crippen molar-refractivity contribution in [2.24, 2.45) is 0 Å². The molecule has 2 aromatic rings. The highest BCUT2D eigenvalue weighted by Crippen LogP contribution is 2.16. The van der Waals surface area contributed by atoms with Crippen molar-refractivity contribution in [3.8, 4) is 0 Å². The summed E-state index contributed by atoms with van der Waals surface area (Å²) in [5.74, 6) is -0.629. The van der Waals surface area contributed by atoms with E-state index in [1.807, 2.05) is 67.6 Å². The number of carbonyl (C=O) groups is 1. The maximum absolute atomic E-state index is 12.4. The van der Waals surface area contributed by atoms with Crippen LogP contribution in [0.15, 0.2) is 60.7 Å². The van der Waals surface area contributed by atoms with Crippen LogP contribution in [0.2, 0.25) is 0 Å². The summed E-state index contributed by atoms with van der Waals surface area (Å²) in [7, 11) is 0. The maximum Gasteiger partial charge on any atom is 0.354 e. The van der Waals surface area contributed by atoms with Crippen LogP contribution >= 0.6 is 0 Å². The van der Waals surface area contributed by atoms with E-state index in [1.54, 1.807) is 0 Å². The first-order chi connectivity index (χ1) is 11.6. The highest BCUT2D eigenvalue weighted by molar-refractivity contribution is 5.78. The zero-order chi connectivity index (χ0) is 17.3. The Balaban J connectivity index is 1.97. The van der Waals surface area contributed by atoms with Crippen molar-refractivity contribution in [3.63, 3.8) is 0 Å². The number of unbranched alkanes of at least 4 members (excludes halogenated alkanes) is 1. The van der Waals surface area contributed by atoms with Crippen LogP contribution in [-0.2, 0) is 22.7 Å². The molecule has 24 heavy (non-hydrogen) atoms. The van der Waals surface area contributed by atoms with E-state index in [0.29, 0.717) is 13.0 Å². The smallest absolute Gasteiger partial charge is 0.354 e. The third-order valence-corrected chi connectivity index (χ3v) is 3.87. The van der Waals surface area contributed by atoms with Gasteiger partial charge >= 0.3 is 5.97 Å². The monoisotopic (exact) mass is 327 g/mol. The Hall–Kier alpha value is -2.17. The van der Waals surface area contributed by atoms with Crippen LogP contribution in [0.1, 0.15) is 37.3 Å². The summed E-state index contributed by atoms with van der Waals surface area (Å²) in [6, 6.07) is 19.1. The zero-order valence-electron chi connectivity index (χ0n) is 14.1. The van der Waals surface area contributed by atoms with Gasteiger partial charge < -0.3 is 9.84 Å². The number of hydrogen-bond acceptors (Lipinski definition) is 4. The van der Waals surface area contributed by atoms with Gasteiger partial charge in [-0.15, -0.1) is 0 Å². The van der Waals surface area contributed by atoms with Crippen molar-refractivity contribution >= 4 is 5.97 Å². The second kappa shape index (κ2) is 9.21. The molecule has 4 nitrogen and oxygen atoms in total. The van der Waals surface area contributed by atoms with Crippen LogP contribution in [0.25, 0.3) is 0 Å². The van der Waals surface area contributed by atoms with E-state index in [4.69, 9.17) is 4.74 Å². The Morgan fingerprint density at radius 1 is 1.04 bits per heavy atom. The molecule has 2 rings (SSSR count). The number of ether oxygens (including phenoxy) is 1. The second-order valence-electron chi connectivity index (χ2n) is 5.86. The second-order valence-corrected chi connectivity index (χ2v) is 5.86. The van der Waals surface area contributed by atoms with Gasteiger partial charge in [-0.1, -0.05) is 74.0 Å². The molecule has 0 spiro atoms. The lowest BCUT2D eigenvalue weighted by molar-refractivity contribution is -0.172. The normalized spacial score (nSPS) is 13.2. The molecule has 0 aliphatic carbocycles. The van der Waals surface area contributed by atoms with Crippen LogP contribution in [0.5, 0.6) is 0 Å². The molecule has 0 saturated carbocycles. The molecule has 0 aliphatic heterocycles. The first kappa shape index (κ1) is 18.2. The topological polar surface area (TPSA) is 58.6 Å². The third kappa shape index (κ3) is 5.48. The highest BCUT2D eigenvalue weighted by atomic mass is 16.6. The van der Waals surface area contributed by atoms with Gasteiger partial charge in [0, 0.05) is 13.0 Å². The fourth-order valence-electron chi connectivity index (χ4n) is 2.38. The lowest BCUT2D eigenvalue weighted by Crippen LogP contribution is -2.52. The number of hydrogen-bond donors (Lipinski definition) is 2. The van der Waals surface area contributed by atoms with E-state index in [1.165, 1.54) is 0 Å². The van der Waals surface area contributed by atoms with Gasteiger partial charge in [0.2, 0.25) is 5.72 Å². The quantitative estimate of drug-likeness (QED) is 0.547. The molecule has 0 amide bonds. The Kier molecular flexibility index (Phi) is 6.97. The Labute approximate surface area is 143 Å². The number of rotatable bonds is 9. The molecule has 2 N–H and O–H groups in total. The number of carbonyl (C=O) groups excluding carboxylic acids is 1. The standard InChI is InChI=1S/C20H25NO3/c1-2-3-14-20(23,21-15-17-10-6-4-7-11-17)19(22)24-16-18-12-8-5-9-13-18/h4-13,21,23H,2-3,14-16H2,1H3. The first-order valence-electron chi connectivity index (χ1n) is 8.36. The van der Waals surface area contributed by atoms with Gasteiger partial charge in [0.25, 0.3) is 0 Å². The molecule has 128 valence electrons. The summed E-state index contributed by atoms with van der Waals surface area (Å²) in [4.78, 5) is 12.4. The molecule has 4 heteroatoms. The van der Waals surface area contributed by atoms with Gasteiger partial charge in [0.15, 0.2) is 0 Å². The van der Waals surface area contributed by atoms with Crippen LogP contribution in [0, 0.1) is 0 Å². The minimum absolute atomic E-state index is 0.154. The molecule has 2 aromatic carbocycles. The maximum atomic E-state index is 12.4. The minimum Gasteiger partial charge on any atom is -0.458 e. The molecule has 0 heterocycles. The van der Waals surface area contributed by atoms with Crippen molar-refractivity contribution in [2.75, 3.05) is 0 Å². The van der Waals surface area contributed by atoms with E-state index in [-0.39, 0.29) is 6.61 Å². The van der Waals surface area contributed by atoms with Gasteiger partial charge in [0.05, 0.1) is 0 Å². The number of esters is 1. The Bertz CT molecular complexity index is 615. The summed E-state index contributed by atoms with van der Waals surface area (Å²) >= 11 is 0. The van der Waals surface area contributed by atoms with Crippen molar-refractivity contribution in [1.29, 1.82) is 0 Å². The third-order valence-electron chi connectivity index (χ3n) is 3.87. The van der Waals surface area contributed by atoms with Crippen LogP contribution in [0.4, 0.5) is 0 Å². The van der Waals surface area contributed by atoms with Crippen LogP contribution < -0.4 is 5.32 Å². The molecule has 0 saturated heterocycles. The molecule has 0 bridgehead atoms. The average Bonchev–Trinajstić information content (AvgIpc) is 2.64. The van der Waals surface area contributed by atoms with Crippen molar-refractivity contribution in [1.82, 2.24) is 5.32 Å². The Morgan fingerprint density at radius 2 is 1.62 bits per heavy atom. The fraction of sp³-hybridized carbons (Fsp3) is 0.350. The summed E-state index contributed by atoms with van der Waals surface area (Å²) in [6.45, 7) is 2.58. The van der Waals surface area contributed by atoms with Crippen molar-refractivity contribution < 1.29 is 14.6 Å². The lowest BCUT2D eigenvalue weighted by Gasteiger charge is -2.27. The van der Waals surface area contributed by atoms with E-state index in [0.717, 1.165) is 24.0 Å². The fourth-order valence-corrected chi connectivity index (χ4v) is 2.38. The number of benzene rings is 2. The van der Waals surface area contributed by atoms with Crippen molar-refractivity contribution in [2.45, 2.75) is 45.1 Å². The van der Waals surface area contributed by atoms with E-state index in [2.05, 4.69) is 5.32 Å². The van der Waals surface area contributed by atoms with Crippen LogP contribution in [-0.4, -0.2) is 16.8 Å². The predicted molar refractivity (Wildman–Crippen MR) is 94.0 cm³/mol. The summed E-state index contributed by atoms with van der Waals surface area (Å²) in [5.41, 5.74) is 0.232. The first-order valence-corrected chi connectivity index (χ1v) is 8.36. The molecule has 1 atom stereocenters. The molecule has 0 fully saturated rings. The zero-order valence-corrected chi connectivity index (χ0v) is 14.1. The summed E-state index contributed by atoms with van der Waals surface area (Å²) < 4.78 is 5.33. The van der Waals surface area contributed by atoms with E-state index in [9.17, 15) is 9.90 Å². The summed E-state index contributed by atoms with van der Waals surface area (Å²) in [5, 5.41) is 13.7. The van der Waals surface area contributed by atoms with E-state index >= 15 is 0 Å². The minimum atomic E-state index is -1.67. The predicted octanol–water partition coefficient (Wildman–Crippen LogP) is 3.40. The van der Waals surface area contributed by atoms with Gasteiger partial charge in [0.1, 0.15) is 6.61 Å². The number of aliphatic hydroxyl groups is 1.